The molecule has 1 aromatic carbocycles. The van der Waals surface area contributed by atoms with Crippen LogP contribution in [-0.2, 0) is 9.53 Å². The maximum Gasteiger partial charge on any atom is 0.306 e. The topological polar surface area (TPSA) is 90.6 Å². The zero-order chi connectivity index (χ0) is 22.5. The van der Waals surface area contributed by atoms with Gasteiger partial charge in [-0.3, -0.25) is 9.20 Å². The Balaban J connectivity index is 1.35. The summed E-state index contributed by atoms with van der Waals surface area (Å²) in [4.78, 5) is 16.7. The monoisotopic (exact) mass is 439 g/mol. The second kappa shape index (κ2) is 10.1. The van der Waals surface area contributed by atoms with E-state index < -0.39 is 0 Å². The number of hydrogen-bond donors (Lipinski definition) is 1. The minimum atomic E-state index is -0.0545. The van der Waals surface area contributed by atoms with E-state index in [-0.39, 0.29) is 18.2 Å². The van der Waals surface area contributed by atoms with Crippen molar-refractivity contribution in [3.05, 3.63) is 24.0 Å². The lowest BCUT2D eigenvalue weighted by molar-refractivity contribution is -0.148. The lowest BCUT2D eigenvalue weighted by Gasteiger charge is -2.13. The molecule has 2 aromatic heterocycles. The first-order chi connectivity index (χ1) is 15.5. The van der Waals surface area contributed by atoms with Gasteiger partial charge in [-0.05, 0) is 71.4 Å². The molecule has 0 spiro atoms. The summed E-state index contributed by atoms with van der Waals surface area (Å²) in [5.74, 6) is 2.26. The maximum absolute atomic E-state index is 11.9. The number of hydrogen-bond acceptors (Lipinski definition) is 7. The molecule has 0 radical (unpaired) electrons. The normalized spacial score (nSPS) is 14.5. The van der Waals surface area contributed by atoms with Crippen molar-refractivity contribution >= 4 is 28.5 Å². The highest BCUT2D eigenvalue weighted by atomic mass is 16.5. The maximum atomic E-state index is 11.9. The quantitative estimate of drug-likeness (QED) is 0.357. The van der Waals surface area contributed by atoms with Gasteiger partial charge in [0.25, 0.3) is 0 Å². The molecule has 3 aromatic rings. The van der Waals surface area contributed by atoms with Crippen molar-refractivity contribution in [3.8, 4) is 5.75 Å². The summed E-state index contributed by atoms with van der Waals surface area (Å²) in [7, 11) is 0. The van der Waals surface area contributed by atoms with Gasteiger partial charge in [-0.25, -0.2) is 4.98 Å². The van der Waals surface area contributed by atoms with Gasteiger partial charge < -0.3 is 14.8 Å². The van der Waals surface area contributed by atoms with Gasteiger partial charge in [0.05, 0.1) is 17.1 Å². The molecule has 1 aliphatic rings. The molecule has 172 valence electrons. The summed E-state index contributed by atoms with van der Waals surface area (Å²) in [5, 5.41) is 12.0. The minimum absolute atomic E-state index is 0.0545. The molecule has 0 saturated heterocycles. The fourth-order valence-corrected chi connectivity index (χ4v) is 4.25. The molecule has 0 unspecified atom stereocenters. The van der Waals surface area contributed by atoms with Crippen molar-refractivity contribution in [2.75, 3.05) is 11.9 Å². The van der Waals surface area contributed by atoms with Gasteiger partial charge in [-0.15, -0.1) is 10.2 Å². The fourth-order valence-electron chi connectivity index (χ4n) is 4.25. The van der Waals surface area contributed by atoms with E-state index in [9.17, 15) is 4.79 Å². The summed E-state index contributed by atoms with van der Waals surface area (Å²) in [6.45, 7) is 6.70. The third-order valence-electron chi connectivity index (χ3n) is 5.78. The molecule has 0 bridgehead atoms. The first-order valence-electron chi connectivity index (χ1n) is 11.8. The number of ether oxygens (including phenoxy) is 2. The number of anilines is 1. The van der Waals surface area contributed by atoms with Gasteiger partial charge >= 0.3 is 5.97 Å². The number of nitrogens with zero attached hydrogens (tertiary/aromatic N) is 4. The van der Waals surface area contributed by atoms with Crippen LogP contribution in [0.2, 0.25) is 0 Å². The molecule has 8 nitrogen and oxygen atoms in total. The SMILES string of the molecule is Cc1nnc2c(NCCCCCC(=O)OC3CCCC3)nc3cc(OC(C)C)ccc3n12. The Morgan fingerprint density at radius 3 is 2.78 bits per heavy atom. The number of fused-ring (bicyclic) bond motifs is 3. The Hall–Kier alpha value is -2.90. The Kier molecular flexibility index (Phi) is 7.07. The molecule has 8 heteroatoms. The standard InChI is InChI=1S/C24H33N5O3/c1-16(2)31-19-12-13-21-20(15-19)26-23(24-28-27-17(3)29(21)24)25-14-8-4-5-11-22(30)32-18-9-6-7-10-18/h12-13,15-16,18H,4-11,14H2,1-3H3,(H,25,26). The van der Waals surface area contributed by atoms with Crippen molar-refractivity contribution in [2.24, 2.45) is 0 Å². The molecule has 0 atom stereocenters. The first kappa shape index (κ1) is 22.3. The van der Waals surface area contributed by atoms with E-state index >= 15 is 0 Å². The number of carbonyl (C=O) groups excluding carboxylic acids is 1. The highest BCUT2D eigenvalue weighted by molar-refractivity contribution is 5.84. The van der Waals surface area contributed by atoms with Crippen molar-refractivity contribution in [1.29, 1.82) is 0 Å². The van der Waals surface area contributed by atoms with Gasteiger partial charge in [-0.1, -0.05) is 6.42 Å². The van der Waals surface area contributed by atoms with Crippen LogP contribution in [-0.4, -0.2) is 44.3 Å². The van der Waals surface area contributed by atoms with Gasteiger partial charge in [0.2, 0.25) is 5.65 Å². The summed E-state index contributed by atoms with van der Waals surface area (Å²) in [6, 6.07) is 5.90. The van der Waals surface area contributed by atoms with Crippen LogP contribution in [0.25, 0.3) is 16.7 Å². The molecule has 4 rings (SSSR count). The molecular formula is C24H33N5O3. The van der Waals surface area contributed by atoms with Crippen LogP contribution in [0, 0.1) is 6.92 Å². The molecule has 32 heavy (non-hydrogen) atoms. The molecule has 1 N–H and O–H groups in total. The van der Waals surface area contributed by atoms with Gasteiger partial charge in [0, 0.05) is 19.0 Å². The van der Waals surface area contributed by atoms with E-state index in [1.165, 1.54) is 12.8 Å². The summed E-state index contributed by atoms with van der Waals surface area (Å²) >= 11 is 0. The van der Waals surface area contributed by atoms with Gasteiger partial charge in [0.1, 0.15) is 17.7 Å². The molecule has 2 heterocycles. The van der Waals surface area contributed by atoms with Crippen LogP contribution in [0.1, 0.15) is 71.0 Å². The smallest absolute Gasteiger partial charge is 0.306 e. The number of unbranched alkanes of at least 4 members (excludes halogenated alkanes) is 2. The molecule has 0 aliphatic heterocycles. The fraction of sp³-hybridized carbons (Fsp3) is 0.583. The summed E-state index contributed by atoms with van der Waals surface area (Å²) < 4.78 is 13.4. The molecule has 1 aliphatic carbocycles. The van der Waals surface area contributed by atoms with Crippen LogP contribution < -0.4 is 10.1 Å². The van der Waals surface area contributed by atoms with Crippen molar-refractivity contribution in [2.45, 2.75) is 84.3 Å². The van der Waals surface area contributed by atoms with Crippen LogP contribution in [0.15, 0.2) is 18.2 Å². The number of carbonyl (C=O) groups is 1. The first-order valence-corrected chi connectivity index (χ1v) is 11.8. The third kappa shape index (κ3) is 5.29. The van der Waals surface area contributed by atoms with Crippen LogP contribution in [0.5, 0.6) is 5.75 Å². The summed E-state index contributed by atoms with van der Waals surface area (Å²) in [6.07, 6.45) is 7.89. The molecule has 1 saturated carbocycles. The molecule has 0 amide bonds. The molecular weight excluding hydrogens is 406 g/mol. The minimum Gasteiger partial charge on any atom is -0.491 e. The average Bonchev–Trinajstić information content (AvgIpc) is 3.40. The second-order valence-electron chi connectivity index (χ2n) is 8.82. The number of aromatic nitrogens is 4. The van der Waals surface area contributed by atoms with Crippen LogP contribution in [0.4, 0.5) is 5.82 Å². The zero-order valence-corrected chi connectivity index (χ0v) is 19.3. The lowest BCUT2D eigenvalue weighted by Crippen LogP contribution is -2.14. The van der Waals surface area contributed by atoms with E-state index in [4.69, 9.17) is 14.5 Å². The Bertz CT molecular complexity index is 1070. The second-order valence-corrected chi connectivity index (χ2v) is 8.82. The van der Waals surface area contributed by atoms with Gasteiger partial charge in [-0.2, -0.15) is 0 Å². The largest absolute Gasteiger partial charge is 0.491 e. The number of aryl methyl sites for hydroxylation is 1. The van der Waals surface area contributed by atoms with E-state index in [1.807, 2.05) is 43.4 Å². The predicted octanol–water partition coefficient (Wildman–Crippen LogP) is 4.83. The number of nitrogens with one attached hydrogen (secondary N) is 1. The van der Waals surface area contributed by atoms with Crippen LogP contribution >= 0.6 is 0 Å². The van der Waals surface area contributed by atoms with E-state index in [0.29, 0.717) is 17.9 Å². The lowest BCUT2D eigenvalue weighted by atomic mass is 10.2. The van der Waals surface area contributed by atoms with Crippen LogP contribution in [0.3, 0.4) is 0 Å². The number of esters is 1. The van der Waals surface area contributed by atoms with E-state index in [0.717, 1.165) is 61.3 Å². The Morgan fingerprint density at radius 1 is 1.19 bits per heavy atom. The van der Waals surface area contributed by atoms with E-state index in [2.05, 4.69) is 15.5 Å². The van der Waals surface area contributed by atoms with Gasteiger partial charge in [0.15, 0.2) is 5.82 Å². The van der Waals surface area contributed by atoms with Crippen molar-refractivity contribution in [1.82, 2.24) is 19.6 Å². The highest BCUT2D eigenvalue weighted by Gasteiger charge is 2.19. The van der Waals surface area contributed by atoms with E-state index in [1.54, 1.807) is 0 Å². The molecule has 1 fully saturated rings. The average molecular weight is 440 g/mol. The number of benzene rings is 1. The Morgan fingerprint density at radius 2 is 2.00 bits per heavy atom. The van der Waals surface area contributed by atoms with Crippen molar-refractivity contribution in [3.63, 3.8) is 0 Å². The predicted molar refractivity (Wildman–Crippen MR) is 124 cm³/mol. The Labute approximate surface area is 188 Å². The highest BCUT2D eigenvalue weighted by Crippen LogP contribution is 2.26. The zero-order valence-electron chi connectivity index (χ0n) is 19.3. The summed E-state index contributed by atoms with van der Waals surface area (Å²) in [5.41, 5.74) is 2.49. The third-order valence-corrected chi connectivity index (χ3v) is 5.78. The van der Waals surface area contributed by atoms with Crippen molar-refractivity contribution < 1.29 is 14.3 Å². The number of rotatable bonds is 10.